The molecule has 1 fully saturated rings. The van der Waals surface area contributed by atoms with Crippen molar-refractivity contribution in [2.24, 2.45) is 0 Å². The number of carbonyl (C=O) groups excluding carboxylic acids is 2. The number of Topliss-reactive ketones (excluding diaryl/α,β-unsaturated/α-hetero) is 1. The predicted octanol–water partition coefficient (Wildman–Crippen LogP) is 5.77. The normalized spacial score (nSPS) is 17.6. The molecule has 3 aromatic rings. The minimum absolute atomic E-state index is 0.133. The fraction of sp³-hybridized carbons (Fsp3) is 0.0833. The second-order valence-electron chi connectivity index (χ2n) is 7.05. The summed E-state index contributed by atoms with van der Waals surface area (Å²) in [6, 6.07) is 15.3. The number of hydrogen-bond donors (Lipinski definition) is 1. The number of rotatable bonds is 4. The Morgan fingerprint density at radius 3 is 2.38 bits per heavy atom. The van der Waals surface area contributed by atoms with Crippen LogP contribution in [-0.4, -0.2) is 23.9 Å². The van der Waals surface area contributed by atoms with Gasteiger partial charge in [-0.3, -0.25) is 14.5 Å². The lowest BCUT2D eigenvalue weighted by atomic mass is 9.95. The van der Waals surface area contributed by atoms with Gasteiger partial charge in [0, 0.05) is 11.3 Å². The zero-order valence-electron chi connectivity index (χ0n) is 16.7. The summed E-state index contributed by atoms with van der Waals surface area (Å²) in [6.07, 6.45) is 0. The van der Waals surface area contributed by atoms with Gasteiger partial charge in [-0.2, -0.15) is 0 Å². The van der Waals surface area contributed by atoms with Crippen molar-refractivity contribution < 1.29 is 23.8 Å². The predicted molar refractivity (Wildman–Crippen MR) is 121 cm³/mol. The Bertz CT molecular complexity index is 1260. The highest BCUT2D eigenvalue weighted by Gasteiger charge is 2.47. The summed E-state index contributed by atoms with van der Waals surface area (Å²) in [5.74, 6) is -2.15. The maximum atomic E-state index is 13.5. The summed E-state index contributed by atoms with van der Waals surface area (Å²) in [7, 11) is 1.47. The molecule has 1 atom stereocenters. The van der Waals surface area contributed by atoms with E-state index in [1.165, 1.54) is 48.4 Å². The van der Waals surface area contributed by atoms with Crippen molar-refractivity contribution in [3.63, 3.8) is 0 Å². The second kappa shape index (κ2) is 8.65. The smallest absolute Gasteiger partial charge is 0.300 e. The fourth-order valence-corrected chi connectivity index (χ4v) is 3.93. The largest absolute Gasteiger partial charge is 0.507 e. The Balaban J connectivity index is 1.96. The monoisotopic (exact) mass is 471 g/mol. The molecule has 3 aromatic carbocycles. The molecule has 4 rings (SSSR count). The molecule has 1 aliphatic rings. The Labute approximate surface area is 193 Å². The summed E-state index contributed by atoms with van der Waals surface area (Å²) in [5.41, 5.74) is 0.902. The summed E-state index contributed by atoms with van der Waals surface area (Å²) in [5, 5.41) is 11.6. The van der Waals surface area contributed by atoms with Gasteiger partial charge in [0.1, 0.15) is 17.3 Å². The maximum Gasteiger partial charge on any atom is 0.300 e. The number of methoxy groups -OCH3 is 1. The van der Waals surface area contributed by atoms with Crippen LogP contribution in [0.1, 0.15) is 17.2 Å². The summed E-state index contributed by atoms with van der Waals surface area (Å²) in [6.45, 7) is 0. The lowest BCUT2D eigenvalue weighted by Crippen LogP contribution is -2.29. The first kappa shape index (κ1) is 21.9. The van der Waals surface area contributed by atoms with E-state index < -0.39 is 23.5 Å². The number of hydrogen-bond acceptors (Lipinski definition) is 4. The van der Waals surface area contributed by atoms with E-state index >= 15 is 0 Å². The van der Waals surface area contributed by atoms with E-state index in [1.807, 2.05) is 0 Å². The van der Waals surface area contributed by atoms with Gasteiger partial charge in [-0.1, -0.05) is 41.4 Å². The van der Waals surface area contributed by atoms with E-state index in [1.54, 1.807) is 30.3 Å². The molecule has 1 saturated heterocycles. The minimum Gasteiger partial charge on any atom is -0.507 e. The maximum absolute atomic E-state index is 13.5. The van der Waals surface area contributed by atoms with Gasteiger partial charge in [0.25, 0.3) is 11.7 Å². The van der Waals surface area contributed by atoms with Crippen molar-refractivity contribution in [3.8, 4) is 5.75 Å². The lowest BCUT2D eigenvalue weighted by Gasteiger charge is -2.25. The van der Waals surface area contributed by atoms with Gasteiger partial charge in [-0.05, 0) is 54.1 Å². The van der Waals surface area contributed by atoms with E-state index in [-0.39, 0.29) is 22.0 Å². The van der Waals surface area contributed by atoms with E-state index in [4.69, 9.17) is 27.9 Å². The van der Waals surface area contributed by atoms with Crippen LogP contribution in [0.2, 0.25) is 10.0 Å². The molecule has 1 heterocycles. The van der Waals surface area contributed by atoms with Crippen LogP contribution in [0.15, 0.2) is 72.3 Å². The Hall–Kier alpha value is -3.35. The van der Waals surface area contributed by atoms with Crippen LogP contribution in [0.3, 0.4) is 0 Å². The van der Waals surface area contributed by atoms with Crippen LogP contribution in [0.4, 0.5) is 10.1 Å². The molecule has 0 spiro atoms. The first-order valence-corrected chi connectivity index (χ1v) is 10.2. The van der Waals surface area contributed by atoms with Crippen LogP contribution in [0, 0.1) is 5.82 Å². The standard InChI is InChI=1S/C24H16Cl2FNO4/c1-32-17-4-2-3-14(11-17)22(29)20-21(13-5-10-18(25)19(26)12-13)28(24(31)23(20)30)16-8-6-15(27)7-9-16/h2-12,21,29H,1H3/b22-20-. The van der Waals surface area contributed by atoms with Crippen LogP contribution >= 0.6 is 23.2 Å². The van der Waals surface area contributed by atoms with E-state index in [9.17, 15) is 19.1 Å². The Morgan fingerprint density at radius 1 is 1.00 bits per heavy atom. The molecule has 162 valence electrons. The number of ether oxygens (including phenoxy) is 1. The number of amides is 1. The Morgan fingerprint density at radius 2 is 1.72 bits per heavy atom. The highest BCUT2D eigenvalue weighted by Crippen LogP contribution is 2.43. The average Bonchev–Trinajstić information content (AvgIpc) is 3.06. The van der Waals surface area contributed by atoms with E-state index in [2.05, 4.69) is 0 Å². The van der Waals surface area contributed by atoms with E-state index in [0.717, 1.165) is 0 Å². The number of carbonyl (C=O) groups is 2. The molecule has 0 bridgehead atoms. The van der Waals surface area contributed by atoms with Crippen molar-refractivity contribution in [3.05, 3.63) is 99.3 Å². The van der Waals surface area contributed by atoms with Gasteiger partial charge in [0.15, 0.2) is 0 Å². The van der Waals surface area contributed by atoms with Crippen LogP contribution in [-0.2, 0) is 9.59 Å². The second-order valence-corrected chi connectivity index (χ2v) is 7.87. The van der Waals surface area contributed by atoms with Gasteiger partial charge >= 0.3 is 0 Å². The molecule has 0 aromatic heterocycles. The number of benzene rings is 3. The minimum atomic E-state index is -1.01. The van der Waals surface area contributed by atoms with Crippen LogP contribution in [0.25, 0.3) is 5.76 Å². The number of ketones is 1. The third kappa shape index (κ3) is 3.83. The molecule has 8 heteroatoms. The highest BCUT2D eigenvalue weighted by atomic mass is 35.5. The molecule has 0 saturated carbocycles. The third-order valence-corrected chi connectivity index (χ3v) is 5.89. The third-order valence-electron chi connectivity index (χ3n) is 5.15. The van der Waals surface area contributed by atoms with Crippen LogP contribution in [0.5, 0.6) is 5.75 Å². The van der Waals surface area contributed by atoms with Crippen molar-refractivity contribution >= 4 is 46.3 Å². The van der Waals surface area contributed by atoms with E-state index in [0.29, 0.717) is 21.9 Å². The molecule has 1 unspecified atom stereocenters. The molecule has 32 heavy (non-hydrogen) atoms. The number of nitrogens with zero attached hydrogens (tertiary/aromatic N) is 1. The number of halogens is 3. The molecule has 1 N–H and O–H groups in total. The first-order valence-electron chi connectivity index (χ1n) is 9.47. The fourth-order valence-electron chi connectivity index (χ4n) is 3.62. The summed E-state index contributed by atoms with van der Waals surface area (Å²) in [4.78, 5) is 27.3. The zero-order valence-corrected chi connectivity index (χ0v) is 18.2. The van der Waals surface area contributed by atoms with Crippen molar-refractivity contribution in [1.29, 1.82) is 0 Å². The quantitative estimate of drug-likeness (QED) is 0.298. The van der Waals surface area contributed by atoms with Crippen molar-refractivity contribution in [2.45, 2.75) is 6.04 Å². The molecular formula is C24H16Cl2FNO4. The average molecular weight is 472 g/mol. The molecule has 0 radical (unpaired) electrons. The van der Waals surface area contributed by atoms with Gasteiger partial charge in [0.2, 0.25) is 0 Å². The molecule has 1 aliphatic heterocycles. The number of aliphatic hydroxyl groups excluding tert-OH is 1. The SMILES string of the molecule is COc1cccc(/C(O)=C2/C(=O)C(=O)N(c3ccc(F)cc3)C2c2ccc(Cl)c(Cl)c2)c1. The topological polar surface area (TPSA) is 66.8 Å². The summed E-state index contributed by atoms with van der Waals surface area (Å²) >= 11 is 12.2. The molecule has 0 aliphatic carbocycles. The first-order chi connectivity index (χ1) is 15.3. The molecule has 5 nitrogen and oxygen atoms in total. The van der Waals surface area contributed by atoms with Gasteiger partial charge in [-0.25, -0.2) is 4.39 Å². The summed E-state index contributed by atoms with van der Waals surface area (Å²) < 4.78 is 18.7. The lowest BCUT2D eigenvalue weighted by molar-refractivity contribution is -0.132. The molecule has 1 amide bonds. The number of anilines is 1. The zero-order chi connectivity index (χ0) is 23.0. The van der Waals surface area contributed by atoms with Crippen molar-refractivity contribution in [1.82, 2.24) is 0 Å². The Kier molecular flexibility index (Phi) is 5.91. The highest BCUT2D eigenvalue weighted by molar-refractivity contribution is 6.51. The number of aliphatic hydroxyl groups is 1. The van der Waals surface area contributed by atoms with Gasteiger partial charge in [-0.15, -0.1) is 0 Å². The van der Waals surface area contributed by atoms with Gasteiger partial charge in [0.05, 0.1) is 28.8 Å². The van der Waals surface area contributed by atoms with Gasteiger partial charge < -0.3 is 9.84 Å². The van der Waals surface area contributed by atoms with Crippen LogP contribution < -0.4 is 9.64 Å². The van der Waals surface area contributed by atoms with Crippen molar-refractivity contribution in [2.75, 3.05) is 12.0 Å². The molecular weight excluding hydrogens is 456 g/mol.